The Kier molecular flexibility index (Phi) is 4.44. The van der Waals surface area contributed by atoms with Crippen LogP contribution in [0, 0.1) is 0 Å². The summed E-state index contributed by atoms with van der Waals surface area (Å²) in [5, 5.41) is 8.14. The average Bonchev–Trinajstić information content (AvgIpc) is 2.64. The van der Waals surface area contributed by atoms with Gasteiger partial charge in [-0.2, -0.15) is 5.10 Å². The van der Waals surface area contributed by atoms with Gasteiger partial charge >= 0.3 is 0 Å². The first-order chi connectivity index (χ1) is 8.55. The molecule has 1 heterocycles. The standard InChI is InChI=1S/C15H27N3/c1-15(2,3)18-12-13(11-17-18)10-16-14-8-6-4-5-7-9-14/h11-12,14,16H,4-10H2,1-3H3. The summed E-state index contributed by atoms with van der Waals surface area (Å²) >= 11 is 0. The molecule has 1 saturated carbocycles. The first-order valence-electron chi connectivity index (χ1n) is 7.33. The average molecular weight is 249 g/mol. The summed E-state index contributed by atoms with van der Waals surface area (Å²) in [5.74, 6) is 0. The molecular formula is C15H27N3. The topological polar surface area (TPSA) is 29.9 Å². The van der Waals surface area contributed by atoms with Crippen molar-refractivity contribution >= 4 is 0 Å². The predicted octanol–water partition coefficient (Wildman–Crippen LogP) is 3.45. The fourth-order valence-electron chi connectivity index (χ4n) is 2.56. The number of hydrogen-bond acceptors (Lipinski definition) is 2. The molecule has 0 radical (unpaired) electrons. The number of hydrogen-bond donors (Lipinski definition) is 1. The van der Waals surface area contributed by atoms with Crippen molar-refractivity contribution in [2.24, 2.45) is 0 Å². The number of aromatic nitrogens is 2. The Morgan fingerprint density at radius 2 is 1.89 bits per heavy atom. The molecule has 0 spiro atoms. The van der Waals surface area contributed by atoms with Gasteiger partial charge in [0.1, 0.15) is 0 Å². The Morgan fingerprint density at radius 3 is 2.44 bits per heavy atom. The molecular weight excluding hydrogens is 222 g/mol. The molecule has 3 heteroatoms. The smallest absolute Gasteiger partial charge is 0.0543 e. The van der Waals surface area contributed by atoms with E-state index in [0.717, 1.165) is 6.54 Å². The Balaban J connectivity index is 1.84. The molecule has 102 valence electrons. The lowest BCUT2D eigenvalue weighted by Gasteiger charge is -2.19. The number of nitrogens with zero attached hydrogens (tertiary/aromatic N) is 2. The molecule has 0 aliphatic heterocycles. The van der Waals surface area contributed by atoms with E-state index in [1.165, 1.54) is 44.1 Å². The highest BCUT2D eigenvalue weighted by atomic mass is 15.3. The van der Waals surface area contributed by atoms with Crippen molar-refractivity contribution in [1.29, 1.82) is 0 Å². The van der Waals surface area contributed by atoms with Gasteiger partial charge in [-0.15, -0.1) is 0 Å². The summed E-state index contributed by atoms with van der Waals surface area (Å²) < 4.78 is 2.05. The van der Waals surface area contributed by atoms with Crippen LogP contribution >= 0.6 is 0 Å². The van der Waals surface area contributed by atoms with Gasteiger partial charge in [-0.05, 0) is 33.6 Å². The Labute approximate surface area is 111 Å². The first-order valence-corrected chi connectivity index (χ1v) is 7.33. The van der Waals surface area contributed by atoms with Crippen molar-refractivity contribution in [3.8, 4) is 0 Å². The van der Waals surface area contributed by atoms with Crippen LogP contribution in [0.25, 0.3) is 0 Å². The van der Waals surface area contributed by atoms with Crippen molar-refractivity contribution in [1.82, 2.24) is 15.1 Å². The normalized spacial score (nSPS) is 18.8. The molecule has 3 nitrogen and oxygen atoms in total. The van der Waals surface area contributed by atoms with E-state index in [1.807, 2.05) is 6.20 Å². The lowest BCUT2D eigenvalue weighted by Crippen LogP contribution is -2.27. The van der Waals surface area contributed by atoms with Crippen LogP contribution in [0.15, 0.2) is 12.4 Å². The minimum absolute atomic E-state index is 0.0839. The number of nitrogens with one attached hydrogen (secondary N) is 1. The molecule has 1 aromatic rings. The Morgan fingerprint density at radius 1 is 1.22 bits per heavy atom. The van der Waals surface area contributed by atoms with Gasteiger partial charge in [-0.1, -0.05) is 25.7 Å². The van der Waals surface area contributed by atoms with Crippen molar-refractivity contribution in [2.45, 2.75) is 77.4 Å². The third-order valence-electron chi connectivity index (χ3n) is 3.77. The summed E-state index contributed by atoms with van der Waals surface area (Å²) in [4.78, 5) is 0. The monoisotopic (exact) mass is 249 g/mol. The molecule has 1 aromatic heterocycles. The summed E-state index contributed by atoms with van der Waals surface area (Å²) in [7, 11) is 0. The molecule has 2 rings (SSSR count). The SMILES string of the molecule is CC(C)(C)n1cc(CNC2CCCCCC2)cn1. The summed E-state index contributed by atoms with van der Waals surface area (Å²) in [6.45, 7) is 7.51. The highest BCUT2D eigenvalue weighted by molar-refractivity contribution is 5.05. The lowest BCUT2D eigenvalue weighted by atomic mass is 10.1. The van der Waals surface area contributed by atoms with Crippen LogP contribution in [-0.4, -0.2) is 15.8 Å². The largest absolute Gasteiger partial charge is 0.310 e. The second-order valence-electron chi connectivity index (χ2n) is 6.53. The number of rotatable bonds is 3. The van der Waals surface area contributed by atoms with Crippen LogP contribution in [0.5, 0.6) is 0 Å². The molecule has 1 aliphatic carbocycles. The van der Waals surface area contributed by atoms with Gasteiger partial charge in [0.2, 0.25) is 0 Å². The molecule has 1 aliphatic rings. The molecule has 1 fully saturated rings. The fourth-order valence-corrected chi connectivity index (χ4v) is 2.56. The zero-order chi connectivity index (χ0) is 13.0. The van der Waals surface area contributed by atoms with E-state index in [-0.39, 0.29) is 5.54 Å². The lowest BCUT2D eigenvalue weighted by molar-refractivity contribution is 0.355. The molecule has 0 unspecified atom stereocenters. The van der Waals surface area contributed by atoms with Crippen molar-refractivity contribution in [3.63, 3.8) is 0 Å². The maximum Gasteiger partial charge on any atom is 0.0543 e. The van der Waals surface area contributed by atoms with Crippen LogP contribution < -0.4 is 5.32 Å². The molecule has 0 atom stereocenters. The molecule has 0 bridgehead atoms. The minimum atomic E-state index is 0.0839. The first kappa shape index (κ1) is 13.6. The zero-order valence-corrected chi connectivity index (χ0v) is 12.1. The van der Waals surface area contributed by atoms with Crippen molar-refractivity contribution in [3.05, 3.63) is 18.0 Å². The van der Waals surface area contributed by atoms with E-state index in [9.17, 15) is 0 Å². The summed E-state index contributed by atoms with van der Waals surface area (Å²) in [6, 6.07) is 0.713. The van der Waals surface area contributed by atoms with Crippen molar-refractivity contribution < 1.29 is 0 Å². The second kappa shape index (κ2) is 5.87. The van der Waals surface area contributed by atoms with Gasteiger partial charge in [-0.25, -0.2) is 0 Å². The van der Waals surface area contributed by atoms with Crippen LogP contribution in [0.3, 0.4) is 0 Å². The minimum Gasteiger partial charge on any atom is -0.310 e. The van der Waals surface area contributed by atoms with Crippen LogP contribution in [0.4, 0.5) is 0 Å². The molecule has 1 N–H and O–H groups in total. The maximum atomic E-state index is 4.45. The summed E-state index contributed by atoms with van der Waals surface area (Å²) in [6.07, 6.45) is 12.5. The van der Waals surface area contributed by atoms with Crippen LogP contribution in [0.1, 0.15) is 64.9 Å². The van der Waals surface area contributed by atoms with Crippen LogP contribution in [0.2, 0.25) is 0 Å². The molecule has 0 saturated heterocycles. The van der Waals surface area contributed by atoms with E-state index in [0.29, 0.717) is 6.04 Å². The predicted molar refractivity (Wildman–Crippen MR) is 75.6 cm³/mol. The molecule has 0 amide bonds. The zero-order valence-electron chi connectivity index (χ0n) is 12.1. The third-order valence-corrected chi connectivity index (χ3v) is 3.77. The fraction of sp³-hybridized carbons (Fsp3) is 0.800. The van der Waals surface area contributed by atoms with E-state index < -0.39 is 0 Å². The van der Waals surface area contributed by atoms with Gasteiger partial charge in [0.25, 0.3) is 0 Å². The maximum absolute atomic E-state index is 4.45. The summed E-state index contributed by atoms with van der Waals surface area (Å²) in [5.41, 5.74) is 1.38. The molecule has 18 heavy (non-hydrogen) atoms. The van der Waals surface area contributed by atoms with E-state index >= 15 is 0 Å². The second-order valence-corrected chi connectivity index (χ2v) is 6.53. The van der Waals surface area contributed by atoms with Gasteiger partial charge in [0.15, 0.2) is 0 Å². The Bertz CT molecular complexity index is 354. The Hall–Kier alpha value is -0.830. The van der Waals surface area contributed by atoms with Gasteiger partial charge in [0.05, 0.1) is 11.7 Å². The third kappa shape index (κ3) is 3.84. The van der Waals surface area contributed by atoms with Gasteiger partial charge < -0.3 is 5.32 Å². The molecule has 0 aromatic carbocycles. The van der Waals surface area contributed by atoms with E-state index in [2.05, 4.69) is 42.1 Å². The highest BCUT2D eigenvalue weighted by Gasteiger charge is 2.15. The highest BCUT2D eigenvalue weighted by Crippen LogP contribution is 2.18. The van der Waals surface area contributed by atoms with Gasteiger partial charge in [0, 0.05) is 24.3 Å². The van der Waals surface area contributed by atoms with Crippen molar-refractivity contribution in [2.75, 3.05) is 0 Å². The quantitative estimate of drug-likeness (QED) is 0.832. The van der Waals surface area contributed by atoms with Crippen LogP contribution in [-0.2, 0) is 12.1 Å². The van der Waals surface area contributed by atoms with Gasteiger partial charge in [-0.3, -0.25) is 4.68 Å². The van der Waals surface area contributed by atoms with E-state index in [1.54, 1.807) is 0 Å². The van der Waals surface area contributed by atoms with E-state index in [4.69, 9.17) is 0 Å².